The molecule has 0 aliphatic carbocycles. The van der Waals surface area contributed by atoms with Gasteiger partial charge in [-0.3, -0.25) is 4.79 Å². The number of aromatic nitrogens is 1. The minimum absolute atomic E-state index is 0.0396. The SMILES string of the molecule is CC(Nc1nccc(C#N)c1Cl)C(=O)N1CCCC1. The molecule has 1 aliphatic rings. The van der Waals surface area contributed by atoms with Gasteiger partial charge in [-0.15, -0.1) is 0 Å². The summed E-state index contributed by atoms with van der Waals surface area (Å²) >= 11 is 6.04. The fourth-order valence-electron chi connectivity index (χ4n) is 2.11. The molecule has 0 bridgehead atoms. The highest BCUT2D eigenvalue weighted by Gasteiger charge is 2.24. The van der Waals surface area contributed by atoms with E-state index in [4.69, 9.17) is 16.9 Å². The zero-order valence-corrected chi connectivity index (χ0v) is 11.4. The highest BCUT2D eigenvalue weighted by Crippen LogP contribution is 2.23. The van der Waals surface area contributed by atoms with Gasteiger partial charge in [0.25, 0.3) is 0 Å². The first-order chi connectivity index (χ1) is 9.13. The molecule has 1 saturated heterocycles. The number of carbonyl (C=O) groups is 1. The third kappa shape index (κ3) is 2.96. The summed E-state index contributed by atoms with van der Waals surface area (Å²) in [7, 11) is 0. The summed E-state index contributed by atoms with van der Waals surface area (Å²) in [6.45, 7) is 3.40. The molecular weight excluding hydrogens is 264 g/mol. The van der Waals surface area contributed by atoms with Crippen LogP contribution in [0.15, 0.2) is 12.3 Å². The Labute approximate surface area is 117 Å². The van der Waals surface area contributed by atoms with Gasteiger partial charge in [-0.05, 0) is 25.8 Å². The van der Waals surface area contributed by atoms with Crippen molar-refractivity contribution < 1.29 is 4.79 Å². The lowest BCUT2D eigenvalue weighted by Crippen LogP contribution is -2.39. The molecule has 6 heteroatoms. The number of amides is 1. The van der Waals surface area contributed by atoms with Crippen LogP contribution in [0.3, 0.4) is 0 Å². The molecule has 0 spiro atoms. The summed E-state index contributed by atoms with van der Waals surface area (Å²) in [5, 5.41) is 12.1. The Morgan fingerprint density at radius 1 is 1.58 bits per heavy atom. The van der Waals surface area contributed by atoms with Crippen LogP contribution in [0.2, 0.25) is 5.02 Å². The summed E-state index contributed by atoms with van der Waals surface area (Å²) in [4.78, 5) is 18.0. The number of carbonyl (C=O) groups excluding carboxylic acids is 1. The Morgan fingerprint density at radius 3 is 2.89 bits per heavy atom. The maximum Gasteiger partial charge on any atom is 0.244 e. The molecule has 1 atom stereocenters. The molecule has 0 aromatic carbocycles. The van der Waals surface area contributed by atoms with E-state index >= 15 is 0 Å². The highest BCUT2D eigenvalue weighted by atomic mass is 35.5. The molecule has 19 heavy (non-hydrogen) atoms. The average Bonchev–Trinajstić information content (AvgIpc) is 2.94. The molecule has 5 nitrogen and oxygen atoms in total. The molecule has 1 aromatic rings. The van der Waals surface area contributed by atoms with E-state index in [-0.39, 0.29) is 10.9 Å². The van der Waals surface area contributed by atoms with Crippen molar-refractivity contribution in [2.24, 2.45) is 0 Å². The third-order valence-electron chi connectivity index (χ3n) is 3.15. The lowest BCUT2D eigenvalue weighted by atomic mass is 10.2. The standard InChI is InChI=1S/C13H15ClN4O/c1-9(13(19)18-6-2-3-7-18)17-12-11(14)10(8-15)4-5-16-12/h4-5,9H,2-3,6-7H2,1H3,(H,16,17). The van der Waals surface area contributed by atoms with Crippen LogP contribution in [0, 0.1) is 11.3 Å². The molecule has 1 fully saturated rings. The number of rotatable bonds is 3. The van der Waals surface area contributed by atoms with Gasteiger partial charge in [-0.1, -0.05) is 11.6 Å². The Morgan fingerprint density at radius 2 is 2.26 bits per heavy atom. The average molecular weight is 279 g/mol. The van der Waals surface area contributed by atoms with E-state index in [1.54, 1.807) is 13.0 Å². The van der Waals surface area contributed by atoms with Gasteiger partial charge in [0, 0.05) is 19.3 Å². The maximum absolute atomic E-state index is 12.1. The van der Waals surface area contributed by atoms with E-state index in [1.807, 2.05) is 11.0 Å². The zero-order valence-electron chi connectivity index (χ0n) is 10.7. The van der Waals surface area contributed by atoms with Crippen molar-refractivity contribution in [3.8, 4) is 6.07 Å². The largest absolute Gasteiger partial charge is 0.357 e. The summed E-state index contributed by atoms with van der Waals surface area (Å²) in [6.07, 6.45) is 3.61. The van der Waals surface area contributed by atoms with Crippen LogP contribution < -0.4 is 5.32 Å². The van der Waals surface area contributed by atoms with E-state index < -0.39 is 6.04 Å². The molecule has 0 saturated carbocycles. The molecule has 100 valence electrons. The number of nitrogens with zero attached hydrogens (tertiary/aromatic N) is 3. The van der Waals surface area contributed by atoms with Gasteiger partial charge >= 0.3 is 0 Å². The number of halogens is 1. The molecule has 1 amide bonds. The third-order valence-corrected chi connectivity index (χ3v) is 3.53. The number of nitrogens with one attached hydrogen (secondary N) is 1. The number of pyridine rings is 1. The van der Waals surface area contributed by atoms with Crippen LogP contribution in [-0.4, -0.2) is 34.9 Å². The number of likely N-dealkylation sites (tertiary alicyclic amines) is 1. The summed E-state index contributed by atoms with van der Waals surface area (Å²) in [6, 6.07) is 3.12. The van der Waals surface area contributed by atoms with Crippen molar-refractivity contribution in [1.82, 2.24) is 9.88 Å². The normalized spacial score (nSPS) is 15.9. The van der Waals surface area contributed by atoms with Gasteiger partial charge in [0.2, 0.25) is 5.91 Å². The second-order valence-electron chi connectivity index (χ2n) is 4.53. The smallest absolute Gasteiger partial charge is 0.244 e. The summed E-state index contributed by atoms with van der Waals surface area (Å²) in [5.41, 5.74) is 0.347. The van der Waals surface area contributed by atoms with E-state index in [9.17, 15) is 4.79 Å². The molecular formula is C13H15ClN4O. The van der Waals surface area contributed by atoms with Crippen LogP contribution in [0.5, 0.6) is 0 Å². The van der Waals surface area contributed by atoms with Crippen molar-refractivity contribution in [3.63, 3.8) is 0 Å². The van der Waals surface area contributed by atoms with E-state index in [2.05, 4.69) is 10.3 Å². The van der Waals surface area contributed by atoms with E-state index in [0.29, 0.717) is 11.4 Å². The van der Waals surface area contributed by atoms with Gasteiger partial charge < -0.3 is 10.2 Å². The lowest BCUT2D eigenvalue weighted by molar-refractivity contribution is -0.130. The number of hydrogen-bond donors (Lipinski definition) is 1. The Hall–Kier alpha value is -1.80. The van der Waals surface area contributed by atoms with Crippen molar-refractivity contribution in [3.05, 3.63) is 22.8 Å². The van der Waals surface area contributed by atoms with Gasteiger partial charge in [0.15, 0.2) is 0 Å². The first kappa shape index (κ1) is 13.6. The molecule has 2 heterocycles. The number of anilines is 1. The molecule has 0 radical (unpaired) electrons. The quantitative estimate of drug-likeness (QED) is 0.918. The molecule has 2 rings (SSSR count). The second-order valence-corrected chi connectivity index (χ2v) is 4.91. The monoisotopic (exact) mass is 278 g/mol. The van der Waals surface area contributed by atoms with Gasteiger partial charge in [0.05, 0.1) is 5.56 Å². The van der Waals surface area contributed by atoms with Crippen LogP contribution in [0.1, 0.15) is 25.3 Å². The maximum atomic E-state index is 12.1. The van der Waals surface area contributed by atoms with E-state index in [1.165, 1.54) is 6.20 Å². The number of hydrogen-bond acceptors (Lipinski definition) is 4. The van der Waals surface area contributed by atoms with Crippen molar-refractivity contribution in [2.75, 3.05) is 18.4 Å². The first-order valence-corrected chi connectivity index (χ1v) is 6.61. The van der Waals surface area contributed by atoms with Crippen LogP contribution in [0.25, 0.3) is 0 Å². The van der Waals surface area contributed by atoms with Crippen LogP contribution >= 0.6 is 11.6 Å². The van der Waals surface area contributed by atoms with Crippen LogP contribution in [0.4, 0.5) is 5.82 Å². The van der Waals surface area contributed by atoms with Gasteiger partial charge in [0.1, 0.15) is 23.0 Å². The fourth-order valence-corrected chi connectivity index (χ4v) is 2.32. The molecule has 1 aliphatic heterocycles. The van der Waals surface area contributed by atoms with Gasteiger partial charge in [-0.25, -0.2) is 4.98 Å². The molecule has 1 N–H and O–H groups in total. The Balaban J connectivity index is 2.08. The molecule has 1 aromatic heterocycles. The minimum Gasteiger partial charge on any atom is -0.357 e. The summed E-state index contributed by atoms with van der Waals surface area (Å²) < 4.78 is 0. The summed E-state index contributed by atoms with van der Waals surface area (Å²) in [5.74, 6) is 0.415. The predicted molar refractivity (Wildman–Crippen MR) is 72.9 cm³/mol. The van der Waals surface area contributed by atoms with Crippen molar-refractivity contribution >= 4 is 23.3 Å². The predicted octanol–water partition coefficient (Wildman–Crippen LogP) is 2.03. The second kappa shape index (κ2) is 5.89. The highest BCUT2D eigenvalue weighted by molar-refractivity contribution is 6.34. The van der Waals surface area contributed by atoms with Crippen LogP contribution in [-0.2, 0) is 4.79 Å². The van der Waals surface area contributed by atoms with Crippen molar-refractivity contribution in [2.45, 2.75) is 25.8 Å². The fraction of sp³-hybridized carbons (Fsp3) is 0.462. The molecule has 1 unspecified atom stereocenters. The Bertz CT molecular complexity index is 520. The lowest BCUT2D eigenvalue weighted by Gasteiger charge is -2.21. The topological polar surface area (TPSA) is 69.0 Å². The Kier molecular flexibility index (Phi) is 4.23. The van der Waals surface area contributed by atoms with Crippen molar-refractivity contribution in [1.29, 1.82) is 5.26 Å². The van der Waals surface area contributed by atoms with Gasteiger partial charge in [-0.2, -0.15) is 5.26 Å². The van der Waals surface area contributed by atoms with E-state index in [0.717, 1.165) is 25.9 Å². The first-order valence-electron chi connectivity index (χ1n) is 6.23. The minimum atomic E-state index is -0.406. The number of nitriles is 1. The zero-order chi connectivity index (χ0) is 13.8.